The first-order chi connectivity index (χ1) is 13.0. The third kappa shape index (κ3) is 4.82. The SMILES string of the molecule is O=C(O)c1ccc(S(=O)(=O)N2CCN(CC=Cc3ccccc3)CC2)cc1. The van der Waals surface area contributed by atoms with Crippen LogP contribution in [0.25, 0.3) is 6.08 Å². The van der Waals surface area contributed by atoms with Gasteiger partial charge in [-0.25, -0.2) is 13.2 Å². The number of piperazine rings is 1. The third-order valence-corrected chi connectivity index (χ3v) is 6.46. The summed E-state index contributed by atoms with van der Waals surface area (Å²) in [7, 11) is -3.60. The molecule has 0 saturated carbocycles. The van der Waals surface area contributed by atoms with Crippen molar-refractivity contribution in [3.05, 3.63) is 71.8 Å². The van der Waals surface area contributed by atoms with E-state index in [2.05, 4.69) is 17.1 Å². The molecule has 1 saturated heterocycles. The largest absolute Gasteiger partial charge is 0.478 e. The number of hydrogen-bond acceptors (Lipinski definition) is 4. The number of nitrogens with zero attached hydrogens (tertiary/aromatic N) is 2. The topological polar surface area (TPSA) is 77.9 Å². The van der Waals surface area contributed by atoms with E-state index in [1.165, 1.54) is 28.6 Å². The molecule has 1 aliphatic rings. The van der Waals surface area contributed by atoms with E-state index in [0.29, 0.717) is 26.2 Å². The molecule has 3 rings (SSSR count). The van der Waals surface area contributed by atoms with Crippen LogP contribution in [0.1, 0.15) is 15.9 Å². The number of carboxylic acids is 1. The van der Waals surface area contributed by atoms with Crippen molar-refractivity contribution in [3.63, 3.8) is 0 Å². The normalized spacial score (nSPS) is 16.6. The summed E-state index contributed by atoms with van der Waals surface area (Å²) in [6, 6.07) is 15.4. The minimum atomic E-state index is -3.60. The van der Waals surface area contributed by atoms with Crippen LogP contribution in [0.3, 0.4) is 0 Å². The van der Waals surface area contributed by atoms with E-state index in [0.717, 1.165) is 12.1 Å². The summed E-state index contributed by atoms with van der Waals surface area (Å²) in [6.07, 6.45) is 4.15. The number of aromatic carboxylic acids is 1. The maximum atomic E-state index is 12.7. The molecule has 1 aliphatic heterocycles. The van der Waals surface area contributed by atoms with Gasteiger partial charge in [0.1, 0.15) is 0 Å². The van der Waals surface area contributed by atoms with E-state index in [1.54, 1.807) is 0 Å². The van der Waals surface area contributed by atoms with Crippen molar-refractivity contribution in [3.8, 4) is 0 Å². The maximum Gasteiger partial charge on any atom is 0.335 e. The van der Waals surface area contributed by atoms with Gasteiger partial charge in [-0.2, -0.15) is 4.31 Å². The Kier molecular flexibility index (Phi) is 6.05. The van der Waals surface area contributed by atoms with Gasteiger partial charge >= 0.3 is 5.97 Å². The van der Waals surface area contributed by atoms with Crippen molar-refractivity contribution in [2.45, 2.75) is 4.90 Å². The summed E-state index contributed by atoms with van der Waals surface area (Å²) in [5.41, 5.74) is 1.22. The van der Waals surface area contributed by atoms with Crippen molar-refractivity contribution in [1.82, 2.24) is 9.21 Å². The fourth-order valence-corrected chi connectivity index (χ4v) is 4.40. The van der Waals surface area contributed by atoms with Crippen LogP contribution in [0.4, 0.5) is 0 Å². The van der Waals surface area contributed by atoms with Crippen molar-refractivity contribution in [2.75, 3.05) is 32.7 Å². The van der Waals surface area contributed by atoms with Gasteiger partial charge in [0.25, 0.3) is 0 Å². The summed E-state index contributed by atoms with van der Waals surface area (Å²) in [5, 5.41) is 8.93. The van der Waals surface area contributed by atoms with Gasteiger partial charge in [0.05, 0.1) is 10.5 Å². The van der Waals surface area contributed by atoms with Crippen molar-refractivity contribution in [1.29, 1.82) is 0 Å². The Balaban J connectivity index is 1.56. The zero-order chi connectivity index (χ0) is 19.3. The second kappa shape index (κ2) is 8.47. The maximum absolute atomic E-state index is 12.7. The molecule has 0 bridgehead atoms. The zero-order valence-electron chi connectivity index (χ0n) is 14.9. The Hall–Kier alpha value is -2.48. The Morgan fingerprint density at radius 1 is 0.963 bits per heavy atom. The number of rotatable bonds is 6. The smallest absolute Gasteiger partial charge is 0.335 e. The first-order valence-corrected chi connectivity index (χ1v) is 10.2. The fourth-order valence-electron chi connectivity index (χ4n) is 2.97. The molecule has 0 aliphatic carbocycles. The van der Waals surface area contributed by atoms with Gasteiger partial charge in [0, 0.05) is 32.7 Å². The molecule has 0 radical (unpaired) electrons. The standard InChI is InChI=1S/C20H22N2O4S/c23-20(24)18-8-10-19(11-9-18)27(25,26)22-15-13-21(14-16-22)12-4-7-17-5-2-1-3-6-17/h1-11H,12-16H2,(H,23,24). The number of hydrogen-bond donors (Lipinski definition) is 1. The first-order valence-electron chi connectivity index (χ1n) is 8.74. The van der Waals surface area contributed by atoms with E-state index in [9.17, 15) is 13.2 Å². The molecule has 1 heterocycles. The van der Waals surface area contributed by atoms with Gasteiger partial charge < -0.3 is 5.11 Å². The van der Waals surface area contributed by atoms with Crippen LogP contribution in [-0.2, 0) is 10.0 Å². The Labute approximate surface area is 159 Å². The molecule has 2 aromatic carbocycles. The lowest BCUT2D eigenvalue weighted by molar-refractivity contribution is 0.0696. The molecule has 27 heavy (non-hydrogen) atoms. The zero-order valence-corrected chi connectivity index (χ0v) is 15.7. The van der Waals surface area contributed by atoms with Crippen LogP contribution in [0, 0.1) is 0 Å². The summed E-state index contributed by atoms with van der Waals surface area (Å²) < 4.78 is 26.9. The quantitative estimate of drug-likeness (QED) is 0.825. The minimum Gasteiger partial charge on any atom is -0.478 e. The molecule has 142 valence electrons. The predicted octanol–water partition coefficient (Wildman–Crippen LogP) is 2.40. The van der Waals surface area contributed by atoms with Crippen molar-refractivity contribution in [2.24, 2.45) is 0 Å². The number of carboxylic acid groups (broad SMARTS) is 1. The lowest BCUT2D eigenvalue weighted by Crippen LogP contribution is -2.48. The Morgan fingerprint density at radius 2 is 1.59 bits per heavy atom. The molecule has 1 fully saturated rings. The lowest BCUT2D eigenvalue weighted by Gasteiger charge is -2.33. The van der Waals surface area contributed by atoms with E-state index >= 15 is 0 Å². The molecule has 0 aromatic heterocycles. The highest BCUT2D eigenvalue weighted by Gasteiger charge is 2.28. The van der Waals surface area contributed by atoms with E-state index in [-0.39, 0.29) is 10.5 Å². The monoisotopic (exact) mass is 386 g/mol. The molecule has 7 heteroatoms. The molecule has 2 aromatic rings. The van der Waals surface area contributed by atoms with Crippen LogP contribution in [0.2, 0.25) is 0 Å². The third-order valence-electron chi connectivity index (χ3n) is 4.54. The van der Waals surface area contributed by atoms with Crippen LogP contribution >= 0.6 is 0 Å². The molecular weight excluding hydrogens is 364 g/mol. The van der Waals surface area contributed by atoms with Crippen LogP contribution < -0.4 is 0 Å². The van der Waals surface area contributed by atoms with Gasteiger partial charge in [-0.15, -0.1) is 0 Å². The predicted molar refractivity (Wildman–Crippen MR) is 104 cm³/mol. The highest BCUT2D eigenvalue weighted by molar-refractivity contribution is 7.89. The highest BCUT2D eigenvalue weighted by Crippen LogP contribution is 2.18. The second-order valence-corrected chi connectivity index (χ2v) is 8.29. The molecular formula is C20H22N2O4S. The van der Waals surface area contributed by atoms with E-state index in [4.69, 9.17) is 5.11 Å². The molecule has 6 nitrogen and oxygen atoms in total. The van der Waals surface area contributed by atoms with Crippen LogP contribution in [0.15, 0.2) is 65.6 Å². The van der Waals surface area contributed by atoms with E-state index < -0.39 is 16.0 Å². The van der Waals surface area contributed by atoms with Gasteiger partial charge in [0.15, 0.2) is 0 Å². The summed E-state index contributed by atoms with van der Waals surface area (Å²) in [5.74, 6) is -1.07. The molecule has 0 atom stereocenters. The number of sulfonamides is 1. The minimum absolute atomic E-state index is 0.0731. The summed E-state index contributed by atoms with van der Waals surface area (Å²) >= 11 is 0. The van der Waals surface area contributed by atoms with Crippen LogP contribution in [-0.4, -0.2) is 61.4 Å². The highest BCUT2D eigenvalue weighted by atomic mass is 32.2. The fraction of sp³-hybridized carbons (Fsp3) is 0.250. The van der Waals surface area contributed by atoms with Gasteiger partial charge in [-0.05, 0) is 29.8 Å². The van der Waals surface area contributed by atoms with Crippen molar-refractivity contribution < 1.29 is 18.3 Å². The van der Waals surface area contributed by atoms with Gasteiger partial charge in [0.2, 0.25) is 10.0 Å². The number of carbonyl (C=O) groups is 1. The summed E-state index contributed by atoms with van der Waals surface area (Å²) in [4.78, 5) is 13.2. The molecule has 0 spiro atoms. The first kappa shape index (κ1) is 19.3. The van der Waals surface area contributed by atoms with Gasteiger partial charge in [-0.3, -0.25) is 4.90 Å². The second-order valence-electron chi connectivity index (χ2n) is 6.35. The number of benzene rings is 2. The molecule has 1 N–H and O–H groups in total. The molecule has 0 amide bonds. The van der Waals surface area contributed by atoms with Crippen LogP contribution in [0.5, 0.6) is 0 Å². The Morgan fingerprint density at radius 3 is 2.19 bits per heavy atom. The average Bonchev–Trinajstić information content (AvgIpc) is 2.69. The Bertz CT molecular complexity index is 901. The molecule has 0 unspecified atom stereocenters. The average molecular weight is 386 g/mol. The van der Waals surface area contributed by atoms with E-state index in [1.807, 2.05) is 30.3 Å². The lowest BCUT2D eigenvalue weighted by atomic mass is 10.2. The van der Waals surface area contributed by atoms with Gasteiger partial charge in [-0.1, -0.05) is 42.5 Å². The van der Waals surface area contributed by atoms with Crippen molar-refractivity contribution >= 4 is 22.1 Å². The summed E-state index contributed by atoms with van der Waals surface area (Å²) in [6.45, 7) is 2.93.